The highest BCUT2D eigenvalue weighted by molar-refractivity contribution is 5.85. The molecular weight excluding hydrogens is 298 g/mol. The van der Waals surface area contributed by atoms with E-state index in [-0.39, 0.29) is 0 Å². The third-order valence-corrected chi connectivity index (χ3v) is 3.94. The van der Waals surface area contributed by atoms with Gasteiger partial charge in [-0.1, -0.05) is 60.7 Å². The molecule has 0 aliphatic carbocycles. The predicted molar refractivity (Wildman–Crippen MR) is 95.3 cm³/mol. The lowest BCUT2D eigenvalue weighted by molar-refractivity contribution is 0.621. The fourth-order valence-corrected chi connectivity index (χ4v) is 2.70. The molecule has 4 rings (SSSR count). The Hall–Kier alpha value is -3.21. The molecule has 5 heteroatoms. The van der Waals surface area contributed by atoms with Gasteiger partial charge in [-0.2, -0.15) is 5.10 Å². The maximum Gasteiger partial charge on any atom is 0.162 e. The van der Waals surface area contributed by atoms with Gasteiger partial charge in [-0.3, -0.25) is 4.68 Å². The van der Waals surface area contributed by atoms with Gasteiger partial charge in [0.25, 0.3) is 0 Å². The Morgan fingerprint density at radius 1 is 0.875 bits per heavy atom. The zero-order valence-corrected chi connectivity index (χ0v) is 13.1. The van der Waals surface area contributed by atoms with Crippen LogP contribution in [0.25, 0.3) is 22.4 Å². The molecule has 0 aliphatic heterocycles. The lowest BCUT2D eigenvalue weighted by atomic mass is 10.1. The summed E-state index contributed by atoms with van der Waals surface area (Å²) in [6, 6.07) is 20.2. The fourth-order valence-electron chi connectivity index (χ4n) is 2.70. The molecule has 5 nitrogen and oxygen atoms in total. The van der Waals surface area contributed by atoms with Crippen LogP contribution >= 0.6 is 0 Å². The van der Waals surface area contributed by atoms with Crippen LogP contribution in [0.4, 0.5) is 5.82 Å². The Bertz CT molecular complexity index is 961. The largest absolute Gasteiger partial charge is 0.382 e. The summed E-state index contributed by atoms with van der Waals surface area (Å²) in [7, 11) is 0. The van der Waals surface area contributed by atoms with Crippen LogP contribution in [-0.2, 0) is 13.0 Å². The van der Waals surface area contributed by atoms with Gasteiger partial charge in [-0.05, 0) is 12.0 Å². The van der Waals surface area contributed by atoms with Gasteiger partial charge >= 0.3 is 0 Å². The summed E-state index contributed by atoms with van der Waals surface area (Å²) in [6.07, 6.45) is 2.84. The molecule has 0 amide bonds. The molecule has 0 spiro atoms. The number of nitrogens with two attached hydrogens (primary N) is 1. The highest BCUT2D eigenvalue weighted by atomic mass is 15.3. The minimum atomic E-state index is 0.414. The molecular formula is C19H17N5. The number of aromatic nitrogens is 4. The van der Waals surface area contributed by atoms with Crippen LogP contribution in [0.2, 0.25) is 0 Å². The topological polar surface area (TPSA) is 69.6 Å². The molecule has 118 valence electrons. The minimum Gasteiger partial charge on any atom is -0.382 e. The lowest BCUT2D eigenvalue weighted by Crippen LogP contribution is -2.02. The van der Waals surface area contributed by atoms with Crippen molar-refractivity contribution < 1.29 is 0 Å². The summed E-state index contributed by atoms with van der Waals surface area (Å²) < 4.78 is 1.89. The van der Waals surface area contributed by atoms with Gasteiger partial charge in [-0.25, -0.2) is 9.97 Å². The van der Waals surface area contributed by atoms with Crippen LogP contribution in [0, 0.1) is 0 Å². The molecule has 2 heterocycles. The van der Waals surface area contributed by atoms with Crippen molar-refractivity contribution in [2.45, 2.75) is 13.0 Å². The minimum absolute atomic E-state index is 0.414. The molecule has 0 saturated carbocycles. The average molecular weight is 315 g/mol. The van der Waals surface area contributed by atoms with E-state index in [0.717, 1.165) is 24.0 Å². The lowest BCUT2D eigenvalue weighted by Gasteiger charge is -2.01. The molecule has 2 aromatic heterocycles. The first kappa shape index (κ1) is 14.4. The quantitative estimate of drug-likeness (QED) is 0.627. The summed E-state index contributed by atoms with van der Waals surface area (Å²) >= 11 is 0. The van der Waals surface area contributed by atoms with E-state index in [1.165, 1.54) is 5.56 Å². The first-order valence-corrected chi connectivity index (χ1v) is 7.89. The number of hydrogen-bond donors (Lipinski definition) is 1. The van der Waals surface area contributed by atoms with Crippen LogP contribution < -0.4 is 5.73 Å². The number of aryl methyl sites for hydroxylation is 2. The van der Waals surface area contributed by atoms with Crippen molar-refractivity contribution >= 4 is 16.9 Å². The molecule has 0 radical (unpaired) electrons. The number of benzene rings is 2. The summed E-state index contributed by atoms with van der Waals surface area (Å²) in [5, 5.41) is 4.53. The molecule has 2 aromatic carbocycles. The van der Waals surface area contributed by atoms with Gasteiger partial charge in [-0.15, -0.1) is 0 Å². The number of fused-ring (bicyclic) bond motifs is 1. The van der Waals surface area contributed by atoms with Crippen LogP contribution in [0.15, 0.2) is 66.9 Å². The van der Waals surface area contributed by atoms with Crippen molar-refractivity contribution in [1.29, 1.82) is 0 Å². The van der Waals surface area contributed by atoms with Gasteiger partial charge in [0.15, 0.2) is 17.2 Å². The van der Waals surface area contributed by atoms with Crippen LogP contribution in [-0.4, -0.2) is 19.7 Å². The van der Waals surface area contributed by atoms with Crippen LogP contribution in [0.1, 0.15) is 5.56 Å². The number of anilines is 1. The Morgan fingerprint density at radius 3 is 2.33 bits per heavy atom. The SMILES string of the molecule is Nc1nc(-c2ccccc2)nc2cn(CCc3ccccc3)nc12. The Kier molecular flexibility index (Phi) is 3.67. The zero-order chi connectivity index (χ0) is 16.4. The Morgan fingerprint density at radius 2 is 1.58 bits per heavy atom. The summed E-state index contributed by atoms with van der Waals surface area (Å²) in [6.45, 7) is 0.778. The molecule has 0 aliphatic rings. The third-order valence-electron chi connectivity index (χ3n) is 3.94. The Labute approximate surface area is 139 Å². The number of hydrogen-bond acceptors (Lipinski definition) is 4. The second-order valence-corrected chi connectivity index (χ2v) is 5.66. The van der Waals surface area contributed by atoms with Gasteiger partial charge in [0.2, 0.25) is 0 Å². The van der Waals surface area contributed by atoms with Crippen molar-refractivity contribution in [3.8, 4) is 11.4 Å². The molecule has 4 aromatic rings. The van der Waals surface area contributed by atoms with Crippen molar-refractivity contribution in [3.05, 3.63) is 72.4 Å². The standard InChI is InChI=1S/C19H17N5/c20-18-17-16(21-19(22-18)15-9-5-2-6-10-15)13-24(23-17)12-11-14-7-3-1-4-8-14/h1-10,13H,11-12H2,(H2,20,21,22). The van der Waals surface area contributed by atoms with Crippen molar-refractivity contribution in [3.63, 3.8) is 0 Å². The molecule has 2 N–H and O–H groups in total. The number of nitrogens with zero attached hydrogens (tertiary/aromatic N) is 4. The monoisotopic (exact) mass is 315 g/mol. The van der Waals surface area contributed by atoms with Gasteiger partial charge in [0.05, 0.1) is 6.20 Å². The maximum absolute atomic E-state index is 6.09. The molecule has 0 atom stereocenters. The molecule has 0 unspecified atom stereocenters. The second-order valence-electron chi connectivity index (χ2n) is 5.66. The highest BCUT2D eigenvalue weighted by Crippen LogP contribution is 2.22. The fraction of sp³-hybridized carbons (Fsp3) is 0.105. The first-order chi connectivity index (χ1) is 11.8. The second kappa shape index (κ2) is 6.12. The van der Waals surface area contributed by atoms with E-state index in [1.54, 1.807) is 0 Å². The normalized spacial score (nSPS) is 11.0. The number of nitrogen functional groups attached to an aromatic ring is 1. The number of rotatable bonds is 4. The van der Waals surface area contributed by atoms with Crippen molar-refractivity contribution in [1.82, 2.24) is 19.7 Å². The summed E-state index contributed by atoms with van der Waals surface area (Å²) in [5.41, 5.74) is 9.74. The van der Waals surface area contributed by atoms with Crippen molar-refractivity contribution in [2.75, 3.05) is 5.73 Å². The summed E-state index contributed by atoms with van der Waals surface area (Å²) in [4.78, 5) is 9.00. The van der Waals surface area contributed by atoms with E-state index in [1.807, 2.05) is 59.4 Å². The van der Waals surface area contributed by atoms with E-state index in [0.29, 0.717) is 17.2 Å². The van der Waals surface area contributed by atoms with Crippen molar-refractivity contribution in [2.24, 2.45) is 0 Å². The highest BCUT2D eigenvalue weighted by Gasteiger charge is 2.11. The summed E-state index contributed by atoms with van der Waals surface area (Å²) in [5.74, 6) is 1.04. The zero-order valence-electron chi connectivity index (χ0n) is 13.1. The third kappa shape index (κ3) is 2.84. The van der Waals surface area contributed by atoms with Gasteiger partial charge < -0.3 is 5.73 Å². The van der Waals surface area contributed by atoms with Gasteiger partial charge in [0, 0.05) is 12.1 Å². The van der Waals surface area contributed by atoms with Crippen LogP contribution in [0.3, 0.4) is 0 Å². The Balaban J connectivity index is 1.64. The van der Waals surface area contributed by atoms with Crippen LogP contribution in [0.5, 0.6) is 0 Å². The molecule has 24 heavy (non-hydrogen) atoms. The molecule has 0 bridgehead atoms. The van der Waals surface area contributed by atoms with E-state index in [4.69, 9.17) is 5.73 Å². The van der Waals surface area contributed by atoms with E-state index in [2.05, 4.69) is 27.2 Å². The average Bonchev–Trinajstić information content (AvgIpc) is 3.05. The molecule has 0 saturated heterocycles. The predicted octanol–water partition coefficient (Wildman–Crippen LogP) is 3.32. The smallest absolute Gasteiger partial charge is 0.162 e. The van der Waals surface area contributed by atoms with E-state index in [9.17, 15) is 0 Å². The van der Waals surface area contributed by atoms with E-state index < -0.39 is 0 Å². The van der Waals surface area contributed by atoms with E-state index >= 15 is 0 Å². The maximum atomic E-state index is 6.09. The van der Waals surface area contributed by atoms with Gasteiger partial charge in [0.1, 0.15) is 5.52 Å². The molecule has 0 fully saturated rings. The first-order valence-electron chi connectivity index (χ1n) is 7.89.